The lowest BCUT2D eigenvalue weighted by atomic mass is 10.0. The first kappa shape index (κ1) is 38.1. The molecule has 0 aliphatic carbocycles. The van der Waals surface area contributed by atoms with Gasteiger partial charge in [-0.2, -0.15) is 0 Å². The zero-order valence-corrected chi connectivity index (χ0v) is 29.8. The van der Waals surface area contributed by atoms with E-state index in [4.69, 9.17) is 5.73 Å². The lowest BCUT2D eigenvalue weighted by Crippen LogP contribution is -2.47. The Hall–Kier alpha value is -3.39. The number of carbonyl (C=O) groups excluding carboxylic acids is 4. The minimum Gasteiger partial charge on any atom is -0.351 e. The number of nitrogens with one attached hydrogen (secondary N) is 3. The molecule has 2 aromatic heterocycles. The fraction of sp³-hybridized carbons (Fsp3) is 0.515. The lowest BCUT2D eigenvalue weighted by Gasteiger charge is -2.27. The molecule has 0 saturated heterocycles. The number of benzene rings is 1. The molecule has 0 saturated carbocycles. The maximum Gasteiger partial charge on any atom is 0.271 e. The van der Waals surface area contributed by atoms with E-state index in [0.29, 0.717) is 55.3 Å². The van der Waals surface area contributed by atoms with Crippen molar-refractivity contribution >= 4 is 58.7 Å². The molecule has 0 radical (unpaired) electrons. The average molecular weight is 704 g/mol. The summed E-state index contributed by atoms with van der Waals surface area (Å²) in [5, 5.41) is 13.8. The molecular weight excluding hydrogens is 658 g/mol. The first-order chi connectivity index (χ1) is 22.0. The van der Waals surface area contributed by atoms with Crippen LogP contribution in [0.15, 0.2) is 41.1 Å². The third-order valence-electron chi connectivity index (χ3n) is 7.77. The molecule has 1 aliphatic rings. The predicted octanol–water partition coefficient (Wildman–Crippen LogP) is 4.66. The minimum atomic E-state index is -0.652. The monoisotopic (exact) mass is 703 g/mol. The molecule has 11 nitrogen and oxygen atoms in total. The molecule has 14 heteroatoms. The maximum atomic E-state index is 13.5. The van der Waals surface area contributed by atoms with Crippen molar-refractivity contribution in [2.45, 2.75) is 77.9 Å². The van der Waals surface area contributed by atoms with Gasteiger partial charge in [-0.3, -0.25) is 19.2 Å². The molecule has 3 aromatic rings. The van der Waals surface area contributed by atoms with Gasteiger partial charge in [0.1, 0.15) is 21.4 Å². The van der Waals surface area contributed by atoms with E-state index >= 15 is 0 Å². The lowest BCUT2D eigenvalue weighted by molar-refractivity contribution is -0.134. The molecular formula is C33H46ClN7O4S2. The Morgan fingerprint density at radius 2 is 1.53 bits per heavy atom. The summed E-state index contributed by atoms with van der Waals surface area (Å²) in [6.07, 6.45) is 2.33. The average Bonchev–Trinajstić information content (AvgIpc) is 3.72. The van der Waals surface area contributed by atoms with E-state index in [-0.39, 0.29) is 71.7 Å². The van der Waals surface area contributed by atoms with Crippen molar-refractivity contribution in [3.63, 3.8) is 0 Å². The first-order valence-corrected chi connectivity index (χ1v) is 17.6. The normalized spacial score (nSPS) is 19.2. The van der Waals surface area contributed by atoms with Gasteiger partial charge in [0.25, 0.3) is 11.8 Å². The van der Waals surface area contributed by atoms with Crippen molar-refractivity contribution in [1.29, 1.82) is 0 Å². The van der Waals surface area contributed by atoms with Crippen LogP contribution in [0.4, 0.5) is 0 Å². The van der Waals surface area contributed by atoms with Crippen LogP contribution in [-0.2, 0) is 16.0 Å². The van der Waals surface area contributed by atoms with Crippen LogP contribution in [0.5, 0.6) is 0 Å². The molecule has 4 amide bonds. The van der Waals surface area contributed by atoms with Gasteiger partial charge >= 0.3 is 0 Å². The van der Waals surface area contributed by atoms with E-state index in [9.17, 15) is 19.2 Å². The fourth-order valence-electron chi connectivity index (χ4n) is 5.17. The number of thiazole rings is 2. The van der Waals surface area contributed by atoms with Gasteiger partial charge in [0.05, 0.1) is 18.1 Å². The van der Waals surface area contributed by atoms with E-state index in [2.05, 4.69) is 39.8 Å². The Bertz CT molecular complexity index is 1480. The largest absolute Gasteiger partial charge is 0.351 e. The minimum absolute atomic E-state index is 0. The summed E-state index contributed by atoms with van der Waals surface area (Å²) >= 11 is 2.65. The van der Waals surface area contributed by atoms with Gasteiger partial charge in [0, 0.05) is 36.8 Å². The molecule has 1 unspecified atom stereocenters. The van der Waals surface area contributed by atoms with Crippen molar-refractivity contribution < 1.29 is 19.2 Å². The maximum absolute atomic E-state index is 13.5. The Labute approximate surface area is 290 Å². The Balaban J connectivity index is 0.00000600. The zero-order valence-electron chi connectivity index (χ0n) is 27.4. The van der Waals surface area contributed by atoms with Crippen LogP contribution < -0.4 is 21.7 Å². The molecule has 4 rings (SSSR count). The van der Waals surface area contributed by atoms with Crippen LogP contribution in [-0.4, -0.2) is 64.2 Å². The summed E-state index contributed by atoms with van der Waals surface area (Å²) in [4.78, 5) is 63.8. The van der Waals surface area contributed by atoms with Crippen molar-refractivity contribution in [3.05, 3.63) is 68.1 Å². The predicted molar refractivity (Wildman–Crippen MR) is 188 cm³/mol. The second-order valence-electron chi connectivity index (χ2n) is 12.4. The molecule has 4 bridgehead atoms. The first-order valence-electron chi connectivity index (χ1n) is 15.9. The standard InChI is InChI=1S/C33H45N7O4S2.ClH/c1-20(2)16-23-31-39-26(19-46-31)30(43)37-24(17-22-10-6-5-7-11-22)32-38-25(18-45-32)29(42)35-13-9-15-40(14-8-12-27(41)36-23)33(44)28(34)21(3)4;/h5-7,10-11,18-21,23-24,28H,8-9,12-17,34H2,1-4H3,(H,35,42)(H,36,41)(H,37,43);1H/t23?,24-,28+;/m0./s1. The van der Waals surface area contributed by atoms with Gasteiger partial charge in [-0.05, 0) is 43.1 Å². The molecule has 0 fully saturated rings. The number of amides is 4. The SMILES string of the molecule is CC(C)CC1NC(=O)CCCN(C(=O)[C@H](N)C(C)C)CCCNC(=O)c2csc(n2)[C@H](Cc2ccccc2)NC(=O)c2csc1n2.Cl. The second-order valence-corrected chi connectivity index (χ2v) is 14.2. The van der Waals surface area contributed by atoms with Crippen molar-refractivity contribution in [3.8, 4) is 0 Å². The second kappa shape index (κ2) is 18.2. The molecule has 3 atom stereocenters. The number of nitrogens with two attached hydrogens (primary N) is 1. The Kier molecular flexibility index (Phi) is 14.8. The van der Waals surface area contributed by atoms with Crippen LogP contribution in [0.1, 0.15) is 102 Å². The van der Waals surface area contributed by atoms with Crippen LogP contribution in [0.25, 0.3) is 0 Å². The van der Waals surface area contributed by atoms with Crippen molar-refractivity contribution in [2.75, 3.05) is 19.6 Å². The van der Waals surface area contributed by atoms with Crippen LogP contribution in [0.2, 0.25) is 0 Å². The smallest absolute Gasteiger partial charge is 0.271 e. The molecule has 1 aromatic carbocycles. The van der Waals surface area contributed by atoms with Crippen LogP contribution in [0.3, 0.4) is 0 Å². The van der Waals surface area contributed by atoms with Gasteiger partial charge < -0.3 is 26.6 Å². The fourth-order valence-corrected chi connectivity index (χ4v) is 6.88. The number of carbonyl (C=O) groups is 4. The number of fused-ring (bicyclic) bond motifs is 4. The summed E-state index contributed by atoms with van der Waals surface area (Å²) in [7, 11) is 0. The number of hydrogen-bond donors (Lipinski definition) is 4. The quantitative estimate of drug-likeness (QED) is 0.291. The summed E-state index contributed by atoms with van der Waals surface area (Å²) < 4.78 is 0. The third-order valence-corrected chi connectivity index (χ3v) is 9.69. The van der Waals surface area contributed by atoms with Gasteiger partial charge in [0.15, 0.2) is 0 Å². The summed E-state index contributed by atoms with van der Waals surface area (Å²) in [6.45, 7) is 9.05. The van der Waals surface area contributed by atoms with Gasteiger partial charge in [-0.15, -0.1) is 35.1 Å². The molecule has 0 spiro atoms. The van der Waals surface area contributed by atoms with Gasteiger partial charge in [-0.1, -0.05) is 58.0 Å². The van der Waals surface area contributed by atoms with Crippen molar-refractivity contribution in [1.82, 2.24) is 30.8 Å². The molecule has 47 heavy (non-hydrogen) atoms. The third kappa shape index (κ3) is 11.1. The van der Waals surface area contributed by atoms with E-state index in [0.717, 1.165) is 5.56 Å². The Morgan fingerprint density at radius 3 is 2.17 bits per heavy atom. The van der Waals surface area contributed by atoms with E-state index in [1.807, 2.05) is 44.2 Å². The highest BCUT2D eigenvalue weighted by molar-refractivity contribution is 7.10. The number of rotatable bonds is 6. The topological polar surface area (TPSA) is 159 Å². The summed E-state index contributed by atoms with van der Waals surface area (Å²) in [5.74, 6) is -0.753. The van der Waals surface area contributed by atoms with E-state index in [1.165, 1.54) is 22.7 Å². The number of aromatic nitrogens is 2. The molecule has 256 valence electrons. The van der Waals surface area contributed by atoms with Gasteiger partial charge in [-0.25, -0.2) is 9.97 Å². The molecule has 3 heterocycles. The molecule has 5 N–H and O–H groups in total. The summed E-state index contributed by atoms with van der Waals surface area (Å²) in [5.41, 5.74) is 7.75. The van der Waals surface area contributed by atoms with Crippen LogP contribution in [0, 0.1) is 11.8 Å². The number of nitrogens with zero attached hydrogens (tertiary/aromatic N) is 3. The Morgan fingerprint density at radius 1 is 0.915 bits per heavy atom. The highest BCUT2D eigenvalue weighted by Gasteiger charge is 2.27. The highest BCUT2D eigenvalue weighted by atomic mass is 35.5. The van der Waals surface area contributed by atoms with E-state index < -0.39 is 12.1 Å². The van der Waals surface area contributed by atoms with Crippen LogP contribution >= 0.6 is 35.1 Å². The molecule has 1 aliphatic heterocycles. The van der Waals surface area contributed by atoms with Gasteiger partial charge in [0.2, 0.25) is 11.8 Å². The zero-order chi connectivity index (χ0) is 33.2. The summed E-state index contributed by atoms with van der Waals surface area (Å²) in [6, 6.07) is 8.28. The number of halogens is 1. The number of hydrogen-bond acceptors (Lipinski definition) is 9. The van der Waals surface area contributed by atoms with E-state index in [1.54, 1.807) is 15.7 Å². The van der Waals surface area contributed by atoms with Crippen molar-refractivity contribution in [2.24, 2.45) is 17.6 Å². The highest BCUT2D eigenvalue weighted by Crippen LogP contribution is 2.27.